The third-order valence-corrected chi connectivity index (χ3v) is 3.16. The van der Waals surface area contributed by atoms with E-state index in [1.54, 1.807) is 26.8 Å². The zero-order valence-electron chi connectivity index (χ0n) is 8.52. The molecule has 1 aromatic heterocycles. The minimum absolute atomic E-state index is 0.0127. The SMILES string of the molecule is Cc1nn(C(C)C)c(S(=O)(=O)Cl)c1C#N. The summed E-state index contributed by atoms with van der Waals surface area (Å²) in [7, 11) is 1.32. The summed E-state index contributed by atoms with van der Waals surface area (Å²) < 4.78 is 23.9. The van der Waals surface area contributed by atoms with Gasteiger partial charge in [-0.25, -0.2) is 13.1 Å². The van der Waals surface area contributed by atoms with E-state index in [9.17, 15) is 8.42 Å². The van der Waals surface area contributed by atoms with Crippen molar-refractivity contribution >= 4 is 19.7 Å². The van der Waals surface area contributed by atoms with E-state index in [1.807, 2.05) is 0 Å². The largest absolute Gasteiger partial charge is 0.279 e. The summed E-state index contributed by atoms with van der Waals surface area (Å²) in [4.78, 5) is 0. The first-order valence-corrected chi connectivity index (χ1v) is 6.53. The molecule has 0 aliphatic rings. The Kier molecular flexibility index (Phi) is 3.07. The molecule has 5 nitrogen and oxygen atoms in total. The lowest BCUT2D eigenvalue weighted by Crippen LogP contribution is -2.10. The highest BCUT2D eigenvalue weighted by atomic mass is 35.7. The summed E-state index contributed by atoms with van der Waals surface area (Å²) in [5.41, 5.74) is 0.379. The predicted molar refractivity (Wildman–Crippen MR) is 55.1 cm³/mol. The molecule has 0 aromatic carbocycles. The van der Waals surface area contributed by atoms with Gasteiger partial charge in [0.1, 0.15) is 11.6 Å². The van der Waals surface area contributed by atoms with Gasteiger partial charge in [0.15, 0.2) is 5.03 Å². The number of hydrogen-bond donors (Lipinski definition) is 0. The molecule has 1 aromatic rings. The quantitative estimate of drug-likeness (QED) is 0.744. The van der Waals surface area contributed by atoms with Gasteiger partial charge >= 0.3 is 0 Å². The Morgan fingerprint density at radius 3 is 2.40 bits per heavy atom. The van der Waals surface area contributed by atoms with Crippen LogP contribution in [0.15, 0.2) is 5.03 Å². The number of aromatic nitrogens is 2. The van der Waals surface area contributed by atoms with Crippen LogP contribution in [0.2, 0.25) is 0 Å². The lowest BCUT2D eigenvalue weighted by atomic mass is 10.3. The molecule has 0 bridgehead atoms. The molecule has 0 N–H and O–H groups in total. The van der Waals surface area contributed by atoms with Crippen molar-refractivity contribution in [1.82, 2.24) is 9.78 Å². The molecule has 0 saturated heterocycles. The van der Waals surface area contributed by atoms with Crippen LogP contribution >= 0.6 is 10.7 Å². The van der Waals surface area contributed by atoms with Gasteiger partial charge in [-0.1, -0.05) is 0 Å². The van der Waals surface area contributed by atoms with E-state index < -0.39 is 9.05 Å². The maximum Gasteiger partial charge on any atom is 0.279 e. The number of aryl methyl sites for hydroxylation is 1. The van der Waals surface area contributed by atoms with Gasteiger partial charge < -0.3 is 0 Å². The third kappa shape index (κ3) is 2.13. The van der Waals surface area contributed by atoms with E-state index in [2.05, 4.69) is 5.10 Å². The second kappa shape index (κ2) is 3.83. The van der Waals surface area contributed by atoms with Gasteiger partial charge in [0.25, 0.3) is 9.05 Å². The van der Waals surface area contributed by atoms with E-state index in [0.29, 0.717) is 5.69 Å². The van der Waals surface area contributed by atoms with Crippen LogP contribution in [0.25, 0.3) is 0 Å². The fourth-order valence-corrected chi connectivity index (χ4v) is 2.59. The molecule has 0 radical (unpaired) electrons. The van der Waals surface area contributed by atoms with E-state index >= 15 is 0 Å². The Labute approximate surface area is 92.7 Å². The second-order valence-electron chi connectivity index (χ2n) is 3.35. The van der Waals surface area contributed by atoms with Crippen LogP contribution in [0.1, 0.15) is 31.1 Å². The molecule has 0 fully saturated rings. The number of nitriles is 1. The van der Waals surface area contributed by atoms with E-state index in [0.717, 1.165) is 0 Å². The normalized spacial score (nSPS) is 11.7. The molecule has 1 rings (SSSR count). The van der Waals surface area contributed by atoms with E-state index in [-0.39, 0.29) is 16.6 Å². The topological polar surface area (TPSA) is 75.8 Å². The van der Waals surface area contributed by atoms with Crippen LogP contribution in [-0.4, -0.2) is 18.2 Å². The maximum absolute atomic E-state index is 11.3. The Morgan fingerprint density at radius 1 is 1.53 bits per heavy atom. The molecule has 7 heteroatoms. The first-order valence-electron chi connectivity index (χ1n) is 4.23. The number of halogens is 1. The van der Waals surface area contributed by atoms with Crippen molar-refractivity contribution in [2.75, 3.05) is 0 Å². The molecule has 15 heavy (non-hydrogen) atoms. The Balaban J connectivity index is 3.67. The first-order chi connectivity index (χ1) is 6.79. The zero-order chi connectivity index (χ0) is 11.8. The lowest BCUT2D eigenvalue weighted by Gasteiger charge is -2.07. The Morgan fingerprint density at radius 2 is 2.07 bits per heavy atom. The monoisotopic (exact) mass is 247 g/mol. The van der Waals surface area contributed by atoms with Gasteiger partial charge in [0.05, 0.1) is 5.69 Å². The van der Waals surface area contributed by atoms with Crippen molar-refractivity contribution in [3.8, 4) is 6.07 Å². The highest BCUT2D eigenvalue weighted by Crippen LogP contribution is 2.24. The molecule has 0 amide bonds. The van der Waals surface area contributed by atoms with Gasteiger partial charge in [-0.2, -0.15) is 10.4 Å². The highest BCUT2D eigenvalue weighted by molar-refractivity contribution is 8.13. The number of nitrogens with zero attached hydrogens (tertiary/aromatic N) is 3. The van der Waals surface area contributed by atoms with Crippen LogP contribution < -0.4 is 0 Å². The average Bonchev–Trinajstić information content (AvgIpc) is 2.41. The predicted octanol–water partition coefficient (Wildman–Crippen LogP) is 1.57. The molecule has 0 spiro atoms. The van der Waals surface area contributed by atoms with Crippen molar-refractivity contribution in [2.45, 2.75) is 31.8 Å². The molecule has 82 valence electrons. The second-order valence-corrected chi connectivity index (χ2v) is 5.83. The molecule has 0 atom stereocenters. The Bertz CT molecular complexity index is 525. The molecule has 0 unspecified atom stereocenters. The maximum atomic E-state index is 11.3. The fraction of sp³-hybridized carbons (Fsp3) is 0.500. The van der Waals surface area contributed by atoms with Crippen molar-refractivity contribution in [2.24, 2.45) is 0 Å². The summed E-state index contributed by atoms with van der Waals surface area (Å²) in [5.74, 6) is 0. The van der Waals surface area contributed by atoms with Gasteiger partial charge in [0, 0.05) is 16.7 Å². The van der Waals surface area contributed by atoms with Crippen molar-refractivity contribution in [1.29, 1.82) is 5.26 Å². The molecular formula is C8H10ClN3O2S. The van der Waals surface area contributed by atoms with Crippen molar-refractivity contribution < 1.29 is 8.42 Å². The molecular weight excluding hydrogens is 238 g/mol. The average molecular weight is 248 g/mol. The third-order valence-electron chi connectivity index (χ3n) is 1.87. The number of rotatable bonds is 2. The van der Waals surface area contributed by atoms with Crippen LogP contribution in [0, 0.1) is 18.3 Å². The van der Waals surface area contributed by atoms with E-state index in [4.69, 9.17) is 15.9 Å². The summed E-state index contributed by atoms with van der Waals surface area (Å²) >= 11 is 0. The molecule has 0 saturated carbocycles. The summed E-state index contributed by atoms with van der Waals surface area (Å²) in [6.45, 7) is 5.10. The van der Waals surface area contributed by atoms with Gasteiger partial charge in [-0.3, -0.25) is 0 Å². The fourth-order valence-electron chi connectivity index (χ4n) is 1.24. The molecule has 1 heterocycles. The molecule has 0 aliphatic heterocycles. The highest BCUT2D eigenvalue weighted by Gasteiger charge is 2.26. The zero-order valence-corrected chi connectivity index (χ0v) is 10.1. The lowest BCUT2D eigenvalue weighted by molar-refractivity contribution is 0.479. The van der Waals surface area contributed by atoms with Crippen LogP contribution in [-0.2, 0) is 9.05 Å². The number of hydrogen-bond acceptors (Lipinski definition) is 4. The molecule has 0 aliphatic carbocycles. The minimum atomic E-state index is -3.95. The van der Waals surface area contributed by atoms with E-state index in [1.165, 1.54) is 4.68 Å². The van der Waals surface area contributed by atoms with Crippen molar-refractivity contribution in [3.63, 3.8) is 0 Å². The van der Waals surface area contributed by atoms with Crippen molar-refractivity contribution in [3.05, 3.63) is 11.3 Å². The van der Waals surface area contributed by atoms with Crippen LogP contribution in [0.5, 0.6) is 0 Å². The first kappa shape index (κ1) is 12.0. The standard InChI is InChI=1S/C8H10ClN3O2S/c1-5(2)12-8(15(9,13)14)7(4-10)6(3)11-12/h5H,1-3H3. The minimum Gasteiger partial charge on any atom is -0.249 e. The summed E-state index contributed by atoms with van der Waals surface area (Å²) in [6, 6.07) is 1.63. The smallest absolute Gasteiger partial charge is 0.249 e. The van der Waals surface area contributed by atoms with Crippen LogP contribution in [0.3, 0.4) is 0 Å². The summed E-state index contributed by atoms with van der Waals surface area (Å²) in [5, 5.41) is 12.6. The van der Waals surface area contributed by atoms with Gasteiger partial charge in [0.2, 0.25) is 0 Å². The van der Waals surface area contributed by atoms with Gasteiger partial charge in [-0.05, 0) is 20.8 Å². The summed E-state index contributed by atoms with van der Waals surface area (Å²) in [6.07, 6.45) is 0. The van der Waals surface area contributed by atoms with Gasteiger partial charge in [-0.15, -0.1) is 0 Å². The Hall–Kier alpha value is -1.06. The van der Waals surface area contributed by atoms with Crippen LogP contribution in [0.4, 0.5) is 0 Å².